The van der Waals surface area contributed by atoms with E-state index in [1.165, 1.54) is 0 Å². The molecule has 0 aliphatic rings. The van der Waals surface area contributed by atoms with E-state index in [9.17, 15) is 4.57 Å². The van der Waals surface area contributed by atoms with Crippen LogP contribution in [0.15, 0.2) is 48.5 Å². The average molecular weight is 291 g/mol. The van der Waals surface area contributed by atoms with Crippen LogP contribution in [-0.4, -0.2) is 0 Å². The second-order valence-corrected chi connectivity index (χ2v) is 5.22. The van der Waals surface area contributed by atoms with Crippen molar-refractivity contribution in [1.29, 1.82) is 0 Å². The first-order chi connectivity index (χ1) is 9.63. The van der Waals surface area contributed by atoms with Crippen LogP contribution in [0.2, 0.25) is 0 Å². The molecule has 0 atom stereocenters. The molecule has 0 heterocycles. The first-order valence-corrected chi connectivity index (χ1v) is 7.15. The van der Waals surface area contributed by atoms with Crippen LogP contribution in [0.3, 0.4) is 0 Å². The minimum Gasteiger partial charge on any atom is -0.399 e. The fraction of sp³-hybridized carbons (Fsp3) is 0.143. The van der Waals surface area contributed by atoms with Crippen LogP contribution in [0.4, 0.5) is 11.4 Å². The van der Waals surface area contributed by atoms with Crippen LogP contribution in [-0.2, 0) is 26.8 Å². The van der Waals surface area contributed by atoms with Gasteiger partial charge in [-0.3, -0.25) is 0 Å². The molecule has 0 fully saturated rings. The highest BCUT2D eigenvalue weighted by atomic mass is 31.1. The summed E-state index contributed by atoms with van der Waals surface area (Å²) in [5, 5.41) is 0. The molecule has 0 unspecified atom stereocenters. The minimum absolute atomic E-state index is 0.219. The summed E-state index contributed by atoms with van der Waals surface area (Å²) < 4.78 is 21.8. The Hall–Kier alpha value is -1.94. The zero-order chi connectivity index (χ0) is 14.4. The molecular weight excluding hydrogens is 275 g/mol. The molecule has 0 aromatic heterocycles. The van der Waals surface area contributed by atoms with Gasteiger partial charge in [-0.05, 0) is 35.4 Å². The van der Waals surface area contributed by atoms with Gasteiger partial charge in [0, 0.05) is 15.9 Å². The van der Waals surface area contributed by atoms with Crippen molar-refractivity contribution in [3.63, 3.8) is 0 Å². The normalized spacial score (nSPS) is 10.4. The molecule has 5 nitrogen and oxygen atoms in total. The van der Waals surface area contributed by atoms with Crippen molar-refractivity contribution in [2.45, 2.75) is 13.2 Å². The van der Waals surface area contributed by atoms with E-state index in [0.717, 1.165) is 11.1 Å². The van der Waals surface area contributed by atoms with Gasteiger partial charge in [0.2, 0.25) is 0 Å². The predicted molar refractivity (Wildman–Crippen MR) is 78.9 cm³/mol. The SMILES string of the molecule is Nc1ccc(CO[P+](=O)OCc2ccc(N)cc2)cc1. The highest BCUT2D eigenvalue weighted by Gasteiger charge is 2.20. The molecule has 20 heavy (non-hydrogen) atoms. The zero-order valence-electron chi connectivity index (χ0n) is 10.9. The molecule has 4 N–H and O–H groups in total. The van der Waals surface area contributed by atoms with E-state index in [2.05, 4.69) is 0 Å². The first-order valence-electron chi connectivity index (χ1n) is 6.05. The van der Waals surface area contributed by atoms with Gasteiger partial charge in [0.15, 0.2) is 0 Å². The van der Waals surface area contributed by atoms with Crippen LogP contribution in [0.5, 0.6) is 0 Å². The highest BCUT2D eigenvalue weighted by molar-refractivity contribution is 7.33. The monoisotopic (exact) mass is 291 g/mol. The summed E-state index contributed by atoms with van der Waals surface area (Å²) in [4.78, 5) is 0. The lowest BCUT2D eigenvalue weighted by molar-refractivity contribution is 0.213. The topological polar surface area (TPSA) is 87.6 Å². The third kappa shape index (κ3) is 4.63. The molecule has 0 aliphatic heterocycles. The molecule has 0 amide bonds. The first kappa shape index (κ1) is 14.5. The van der Waals surface area contributed by atoms with Gasteiger partial charge in [0.25, 0.3) is 0 Å². The minimum atomic E-state index is -2.16. The van der Waals surface area contributed by atoms with Crippen molar-refractivity contribution in [2.24, 2.45) is 0 Å². The van der Waals surface area contributed by atoms with Crippen LogP contribution in [0.25, 0.3) is 0 Å². The van der Waals surface area contributed by atoms with E-state index in [-0.39, 0.29) is 13.2 Å². The van der Waals surface area contributed by atoms with Crippen molar-refractivity contribution in [3.05, 3.63) is 59.7 Å². The molecule has 2 rings (SSSR count). The molecule has 0 bridgehead atoms. The number of nitrogens with two attached hydrogens (primary N) is 2. The van der Waals surface area contributed by atoms with Crippen molar-refractivity contribution in [3.8, 4) is 0 Å². The second kappa shape index (κ2) is 7.01. The number of anilines is 2. The fourth-order valence-corrected chi connectivity index (χ4v) is 2.10. The third-order valence-electron chi connectivity index (χ3n) is 2.63. The average Bonchev–Trinajstić information content (AvgIpc) is 2.46. The Morgan fingerprint density at radius 1 is 0.750 bits per heavy atom. The smallest absolute Gasteiger partial charge is 0.399 e. The van der Waals surface area contributed by atoms with Crippen LogP contribution in [0, 0.1) is 0 Å². The summed E-state index contributed by atoms with van der Waals surface area (Å²) in [7, 11) is -2.16. The quantitative estimate of drug-likeness (QED) is 0.630. The van der Waals surface area contributed by atoms with E-state index in [4.69, 9.17) is 20.5 Å². The van der Waals surface area contributed by atoms with E-state index in [1.807, 2.05) is 24.3 Å². The maximum absolute atomic E-state index is 11.6. The van der Waals surface area contributed by atoms with E-state index >= 15 is 0 Å². The Bertz CT molecular complexity index is 518. The Morgan fingerprint density at radius 3 is 1.45 bits per heavy atom. The Morgan fingerprint density at radius 2 is 1.10 bits per heavy atom. The van der Waals surface area contributed by atoms with Gasteiger partial charge in [-0.25, -0.2) is 0 Å². The van der Waals surface area contributed by atoms with Gasteiger partial charge in [0.05, 0.1) is 0 Å². The molecule has 0 spiro atoms. The maximum Gasteiger partial charge on any atom is 0.698 e. The van der Waals surface area contributed by atoms with Crippen LogP contribution < -0.4 is 11.5 Å². The Balaban J connectivity index is 1.75. The largest absolute Gasteiger partial charge is 0.698 e. The molecule has 0 saturated carbocycles. The number of hydrogen-bond acceptors (Lipinski definition) is 5. The maximum atomic E-state index is 11.6. The summed E-state index contributed by atoms with van der Waals surface area (Å²) in [6.07, 6.45) is 0. The predicted octanol–water partition coefficient (Wildman–Crippen LogP) is 3.24. The fourth-order valence-electron chi connectivity index (χ4n) is 1.52. The van der Waals surface area contributed by atoms with E-state index in [1.54, 1.807) is 24.3 Å². The summed E-state index contributed by atoms with van der Waals surface area (Å²) in [5.74, 6) is 0. The third-order valence-corrected chi connectivity index (χ3v) is 3.31. The highest BCUT2D eigenvalue weighted by Crippen LogP contribution is 2.27. The molecule has 104 valence electrons. The molecule has 2 aromatic carbocycles. The van der Waals surface area contributed by atoms with Gasteiger partial charge in [-0.15, -0.1) is 9.05 Å². The van der Waals surface area contributed by atoms with Crippen molar-refractivity contribution in [2.75, 3.05) is 11.5 Å². The van der Waals surface area contributed by atoms with Crippen molar-refractivity contribution < 1.29 is 13.6 Å². The molecule has 0 radical (unpaired) electrons. The number of benzene rings is 2. The number of rotatable bonds is 6. The van der Waals surface area contributed by atoms with Crippen molar-refractivity contribution >= 4 is 19.6 Å². The molecule has 6 heteroatoms. The van der Waals surface area contributed by atoms with Crippen LogP contribution in [0.1, 0.15) is 11.1 Å². The number of hydrogen-bond donors (Lipinski definition) is 2. The lowest BCUT2D eigenvalue weighted by atomic mass is 10.2. The molecule has 0 aliphatic carbocycles. The van der Waals surface area contributed by atoms with Gasteiger partial charge < -0.3 is 11.5 Å². The van der Waals surface area contributed by atoms with E-state index < -0.39 is 8.25 Å². The summed E-state index contributed by atoms with van der Waals surface area (Å²) in [6.45, 7) is 0.439. The zero-order valence-corrected chi connectivity index (χ0v) is 11.8. The van der Waals surface area contributed by atoms with Gasteiger partial charge in [-0.1, -0.05) is 24.3 Å². The summed E-state index contributed by atoms with van der Waals surface area (Å²) in [5.41, 5.74) is 14.3. The lowest BCUT2D eigenvalue weighted by Gasteiger charge is -1.97. The Kier molecular flexibility index (Phi) is 5.07. The van der Waals surface area contributed by atoms with Gasteiger partial charge in [0.1, 0.15) is 13.2 Å². The Labute approximate surface area is 118 Å². The van der Waals surface area contributed by atoms with Gasteiger partial charge >= 0.3 is 8.25 Å². The standard InChI is InChI=1S/C14H16N2O3P/c15-13-5-1-11(2-6-13)9-18-20(17)19-10-12-3-7-14(16)8-4-12/h1-8H,9-10,15-16H2/q+1. The van der Waals surface area contributed by atoms with E-state index in [0.29, 0.717) is 11.4 Å². The second-order valence-electron chi connectivity index (χ2n) is 4.25. The van der Waals surface area contributed by atoms with Crippen LogP contribution >= 0.6 is 8.25 Å². The van der Waals surface area contributed by atoms with Crippen molar-refractivity contribution in [1.82, 2.24) is 0 Å². The molecule has 2 aromatic rings. The molecular formula is C14H16N2O3P+. The van der Waals surface area contributed by atoms with Gasteiger partial charge in [-0.2, -0.15) is 0 Å². The summed E-state index contributed by atoms with van der Waals surface area (Å²) in [6, 6.07) is 14.3. The lowest BCUT2D eigenvalue weighted by Crippen LogP contribution is -1.91. The number of nitrogen functional groups attached to an aromatic ring is 2. The summed E-state index contributed by atoms with van der Waals surface area (Å²) >= 11 is 0. The molecule has 0 saturated heterocycles.